The van der Waals surface area contributed by atoms with E-state index in [2.05, 4.69) is 0 Å². The van der Waals surface area contributed by atoms with Crippen molar-refractivity contribution in [2.75, 3.05) is 0 Å². The summed E-state index contributed by atoms with van der Waals surface area (Å²) in [5.74, 6) is -1.10. The zero-order valence-corrected chi connectivity index (χ0v) is 9.01. The summed E-state index contributed by atoms with van der Waals surface area (Å²) < 4.78 is 0. The zero-order chi connectivity index (χ0) is 10.8. The van der Waals surface area contributed by atoms with Gasteiger partial charge in [0.05, 0.1) is 5.97 Å². The maximum absolute atomic E-state index is 11.0. The first-order chi connectivity index (χ1) is 7.20. The fourth-order valence-corrected chi connectivity index (χ4v) is 2.55. The van der Waals surface area contributed by atoms with Crippen LogP contribution in [-0.4, -0.2) is 5.97 Å². The normalized spacial score (nSPS) is 10.2. The van der Waals surface area contributed by atoms with Gasteiger partial charge in [-0.15, -0.1) is 11.3 Å². The first kappa shape index (κ1) is 9.93. The summed E-state index contributed by atoms with van der Waals surface area (Å²) in [5, 5.41) is 12.8. The Hall–Kier alpha value is -1.61. The third-order valence-electron chi connectivity index (χ3n) is 2.22. The molecule has 1 aromatic carbocycles. The number of rotatable bonds is 2. The van der Waals surface area contributed by atoms with E-state index in [0.717, 1.165) is 16.0 Å². The van der Waals surface area contributed by atoms with Crippen molar-refractivity contribution in [1.29, 1.82) is 0 Å². The first-order valence-corrected chi connectivity index (χ1v) is 5.43. The van der Waals surface area contributed by atoms with Crippen molar-refractivity contribution in [2.45, 2.75) is 6.92 Å². The van der Waals surface area contributed by atoms with Crippen LogP contribution in [-0.2, 0) is 0 Å². The molecule has 76 valence electrons. The van der Waals surface area contributed by atoms with E-state index in [1.165, 1.54) is 11.3 Å². The average molecular weight is 217 g/mol. The smallest absolute Gasteiger partial charge is 0.0732 e. The molecule has 0 aliphatic heterocycles. The molecule has 0 bridgehead atoms. The Bertz CT molecular complexity index is 486. The van der Waals surface area contributed by atoms with Gasteiger partial charge in [-0.3, -0.25) is 0 Å². The van der Waals surface area contributed by atoms with Crippen molar-refractivity contribution in [3.8, 4) is 10.4 Å². The molecule has 0 spiro atoms. The average Bonchev–Trinajstić information content (AvgIpc) is 2.61. The number of benzene rings is 1. The molecule has 2 nitrogen and oxygen atoms in total. The van der Waals surface area contributed by atoms with Crippen molar-refractivity contribution in [3.05, 3.63) is 46.8 Å². The number of hydrogen-bond acceptors (Lipinski definition) is 3. The molecule has 0 radical (unpaired) electrons. The number of carboxylic acids is 1. The summed E-state index contributed by atoms with van der Waals surface area (Å²) in [6.45, 7) is 1.79. The minimum absolute atomic E-state index is 0.311. The van der Waals surface area contributed by atoms with Crippen LogP contribution in [0.4, 0.5) is 0 Å². The van der Waals surface area contributed by atoms with Gasteiger partial charge < -0.3 is 9.90 Å². The van der Waals surface area contributed by atoms with E-state index in [1.807, 2.05) is 35.7 Å². The summed E-state index contributed by atoms with van der Waals surface area (Å²) in [5.41, 5.74) is 2.00. The number of carboxylic acid groups (broad SMARTS) is 1. The maximum atomic E-state index is 11.0. The van der Waals surface area contributed by atoms with E-state index in [4.69, 9.17) is 0 Å². The number of carbonyl (C=O) groups excluding carboxylic acids is 1. The Labute approximate surface area is 91.8 Å². The lowest BCUT2D eigenvalue weighted by molar-refractivity contribution is -0.254. The van der Waals surface area contributed by atoms with Crippen molar-refractivity contribution >= 4 is 17.3 Å². The van der Waals surface area contributed by atoms with Crippen LogP contribution in [0.1, 0.15) is 15.9 Å². The molecule has 0 N–H and O–H groups in total. The van der Waals surface area contributed by atoms with Crippen molar-refractivity contribution < 1.29 is 9.90 Å². The molecular weight excluding hydrogens is 208 g/mol. The quantitative estimate of drug-likeness (QED) is 0.772. The van der Waals surface area contributed by atoms with Gasteiger partial charge in [-0.25, -0.2) is 0 Å². The van der Waals surface area contributed by atoms with Crippen LogP contribution < -0.4 is 5.11 Å². The van der Waals surface area contributed by atoms with Gasteiger partial charge in [-0.05, 0) is 23.4 Å². The van der Waals surface area contributed by atoms with Crippen LogP contribution >= 0.6 is 11.3 Å². The van der Waals surface area contributed by atoms with Crippen molar-refractivity contribution in [3.63, 3.8) is 0 Å². The minimum atomic E-state index is -1.10. The fourth-order valence-electron chi connectivity index (χ4n) is 1.50. The molecule has 0 atom stereocenters. The molecule has 0 aliphatic rings. The van der Waals surface area contributed by atoms with Crippen LogP contribution in [0, 0.1) is 6.92 Å². The van der Waals surface area contributed by atoms with Crippen LogP contribution in [0.15, 0.2) is 35.7 Å². The highest BCUT2D eigenvalue weighted by atomic mass is 32.1. The van der Waals surface area contributed by atoms with Gasteiger partial charge in [-0.2, -0.15) is 0 Å². The summed E-state index contributed by atoms with van der Waals surface area (Å²) in [7, 11) is 0. The number of thiophene rings is 1. The predicted molar refractivity (Wildman–Crippen MR) is 58.8 cm³/mol. The van der Waals surface area contributed by atoms with Gasteiger partial charge in [0.2, 0.25) is 0 Å². The second-order valence-corrected chi connectivity index (χ2v) is 4.16. The summed E-state index contributed by atoms with van der Waals surface area (Å²) in [6, 6.07) is 9.49. The van der Waals surface area contributed by atoms with Crippen LogP contribution in [0.3, 0.4) is 0 Å². The molecule has 0 unspecified atom stereocenters. The van der Waals surface area contributed by atoms with Crippen LogP contribution in [0.25, 0.3) is 10.4 Å². The second-order valence-electron chi connectivity index (χ2n) is 3.28. The van der Waals surface area contributed by atoms with E-state index in [1.54, 1.807) is 6.92 Å². The number of aromatic carboxylic acids is 1. The lowest BCUT2D eigenvalue weighted by atomic mass is 10.1. The predicted octanol–water partition coefficient (Wildman–Crippen LogP) is 2.09. The highest BCUT2D eigenvalue weighted by Gasteiger charge is 2.10. The van der Waals surface area contributed by atoms with E-state index < -0.39 is 5.97 Å². The van der Waals surface area contributed by atoms with Gasteiger partial charge in [0, 0.05) is 10.4 Å². The molecule has 1 heterocycles. The van der Waals surface area contributed by atoms with Gasteiger partial charge >= 0.3 is 0 Å². The highest BCUT2D eigenvalue weighted by molar-refractivity contribution is 7.14. The van der Waals surface area contributed by atoms with Gasteiger partial charge in [-0.1, -0.05) is 30.3 Å². The van der Waals surface area contributed by atoms with Gasteiger partial charge in [0.25, 0.3) is 0 Å². The number of hydrogen-bond donors (Lipinski definition) is 0. The minimum Gasteiger partial charge on any atom is -0.545 e. The zero-order valence-electron chi connectivity index (χ0n) is 8.19. The first-order valence-electron chi connectivity index (χ1n) is 4.55. The molecule has 3 heteroatoms. The topological polar surface area (TPSA) is 40.1 Å². The lowest BCUT2D eigenvalue weighted by Crippen LogP contribution is -2.23. The molecule has 1 aromatic heterocycles. The second kappa shape index (κ2) is 3.87. The molecule has 2 rings (SSSR count). The van der Waals surface area contributed by atoms with Gasteiger partial charge in [0.1, 0.15) is 0 Å². The summed E-state index contributed by atoms with van der Waals surface area (Å²) in [4.78, 5) is 11.7. The van der Waals surface area contributed by atoms with Crippen molar-refractivity contribution in [1.82, 2.24) is 0 Å². The lowest BCUT2D eigenvalue weighted by Gasteiger charge is -2.06. The Kier molecular flexibility index (Phi) is 2.56. The summed E-state index contributed by atoms with van der Waals surface area (Å²) >= 11 is 1.44. The largest absolute Gasteiger partial charge is 0.545 e. The Morgan fingerprint density at radius 1 is 1.27 bits per heavy atom. The SMILES string of the molecule is Cc1csc(-c2ccccc2)c1C(=O)[O-]. The molecule has 0 fully saturated rings. The standard InChI is InChI=1S/C12H10O2S/c1-8-7-15-11(10(8)12(13)14)9-5-3-2-4-6-9/h2-7H,1H3,(H,13,14)/p-1. The van der Waals surface area contributed by atoms with Crippen LogP contribution in [0.2, 0.25) is 0 Å². The van der Waals surface area contributed by atoms with Crippen LogP contribution in [0.5, 0.6) is 0 Å². The number of carbonyl (C=O) groups is 1. The molecule has 0 saturated heterocycles. The highest BCUT2D eigenvalue weighted by Crippen LogP contribution is 2.31. The van der Waals surface area contributed by atoms with E-state index in [9.17, 15) is 9.90 Å². The van der Waals surface area contributed by atoms with E-state index in [0.29, 0.717) is 5.56 Å². The Morgan fingerprint density at radius 2 is 1.93 bits per heavy atom. The van der Waals surface area contributed by atoms with E-state index >= 15 is 0 Å². The number of aryl methyl sites for hydroxylation is 1. The van der Waals surface area contributed by atoms with Crippen molar-refractivity contribution in [2.24, 2.45) is 0 Å². The Balaban J connectivity index is 2.59. The molecule has 2 aromatic rings. The monoisotopic (exact) mass is 217 g/mol. The van der Waals surface area contributed by atoms with E-state index in [-0.39, 0.29) is 0 Å². The molecule has 0 aliphatic carbocycles. The Morgan fingerprint density at radius 3 is 2.53 bits per heavy atom. The maximum Gasteiger partial charge on any atom is 0.0732 e. The molecule has 0 amide bonds. The summed E-state index contributed by atoms with van der Waals surface area (Å²) in [6.07, 6.45) is 0. The third kappa shape index (κ3) is 1.78. The molecule has 15 heavy (non-hydrogen) atoms. The molecule has 0 saturated carbocycles. The van der Waals surface area contributed by atoms with Gasteiger partial charge in [0.15, 0.2) is 0 Å². The fraction of sp³-hybridized carbons (Fsp3) is 0.0833. The molecular formula is C12H9O2S-. The third-order valence-corrected chi connectivity index (χ3v) is 3.36.